The van der Waals surface area contributed by atoms with E-state index in [0.717, 1.165) is 18.4 Å². The Morgan fingerprint density at radius 3 is 2.37 bits per heavy atom. The van der Waals surface area contributed by atoms with Gasteiger partial charge in [0, 0.05) is 12.8 Å². The minimum absolute atomic E-state index is 0.268. The molecule has 0 spiro atoms. The molecule has 2 N–H and O–H groups in total. The summed E-state index contributed by atoms with van der Waals surface area (Å²) in [5.74, 6) is 0.268. The first-order valence-corrected chi connectivity index (χ1v) is 6.72. The van der Waals surface area contributed by atoms with E-state index in [1.165, 1.54) is 11.1 Å². The second-order valence-corrected chi connectivity index (χ2v) is 5.51. The molecule has 0 radical (unpaired) electrons. The van der Waals surface area contributed by atoms with E-state index in [4.69, 9.17) is 0 Å². The predicted octanol–water partition coefficient (Wildman–Crippen LogP) is 2.85. The molecule has 0 heterocycles. The highest BCUT2D eigenvalue weighted by molar-refractivity contribution is 5.33. The molecule has 0 amide bonds. The molecule has 3 rings (SSSR count). The number of aromatic hydroxyl groups is 1. The zero-order valence-corrected chi connectivity index (χ0v) is 10.8. The second-order valence-electron chi connectivity index (χ2n) is 5.51. The molecule has 2 nitrogen and oxygen atoms in total. The van der Waals surface area contributed by atoms with Crippen LogP contribution in [-0.2, 0) is 19.3 Å². The van der Waals surface area contributed by atoms with E-state index in [1.54, 1.807) is 12.1 Å². The van der Waals surface area contributed by atoms with Gasteiger partial charge in [-0.15, -0.1) is 0 Å². The summed E-state index contributed by atoms with van der Waals surface area (Å²) in [6.07, 6.45) is 3.08. The van der Waals surface area contributed by atoms with E-state index in [1.807, 2.05) is 18.2 Å². The highest BCUT2D eigenvalue weighted by Crippen LogP contribution is 2.31. The molecule has 2 aromatic carbocycles. The van der Waals surface area contributed by atoms with Crippen LogP contribution in [0.1, 0.15) is 23.1 Å². The number of fused-ring (bicyclic) bond motifs is 1. The van der Waals surface area contributed by atoms with Gasteiger partial charge in [0.25, 0.3) is 0 Å². The average Bonchev–Trinajstić information content (AvgIpc) is 2.41. The summed E-state index contributed by atoms with van der Waals surface area (Å²) in [6, 6.07) is 15.5. The van der Waals surface area contributed by atoms with Crippen molar-refractivity contribution >= 4 is 0 Å². The van der Waals surface area contributed by atoms with Gasteiger partial charge in [-0.05, 0) is 41.7 Å². The lowest BCUT2D eigenvalue weighted by Crippen LogP contribution is -2.38. The van der Waals surface area contributed by atoms with Crippen LogP contribution in [0.25, 0.3) is 0 Å². The molecule has 98 valence electrons. The minimum atomic E-state index is -0.661. The van der Waals surface area contributed by atoms with Crippen LogP contribution in [-0.4, -0.2) is 15.8 Å². The topological polar surface area (TPSA) is 40.5 Å². The van der Waals surface area contributed by atoms with Crippen molar-refractivity contribution in [3.63, 3.8) is 0 Å². The Labute approximate surface area is 113 Å². The summed E-state index contributed by atoms with van der Waals surface area (Å²) in [4.78, 5) is 0. The number of benzene rings is 2. The summed E-state index contributed by atoms with van der Waals surface area (Å²) in [5.41, 5.74) is 3.03. The van der Waals surface area contributed by atoms with Crippen LogP contribution in [0.5, 0.6) is 5.75 Å². The lowest BCUT2D eigenvalue weighted by molar-refractivity contribution is 0.0267. The van der Waals surface area contributed by atoms with Gasteiger partial charge >= 0.3 is 0 Å². The SMILES string of the molecule is Oc1ccc(CC2(O)CCc3ccccc3C2)cc1. The largest absolute Gasteiger partial charge is 0.508 e. The van der Waals surface area contributed by atoms with Crippen LogP contribution in [0.3, 0.4) is 0 Å². The van der Waals surface area contributed by atoms with Crippen molar-refractivity contribution in [1.29, 1.82) is 0 Å². The van der Waals surface area contributed by atoms with Gasteiger partial charge in [-0.3, -0.25) is 0 Å². The van der Waals surface area contributed by atoms with Crippen LogP contribution in [0.4, 0.5) is 0 Å². The Bertz CT molecular complexity index is 574. The number of hydrogen-bond donors (Lipinski definition) is 2. The van der Waals surface area contributed by atoms with Crippen molar-refractivity contribution in [1.82, 2.24) is 0 Å². The molecule has 0 aliphatic heterocycles. The molecular formula is C17H18O2. The summed E-state index contributed by atoms with van der Waals surface area (Å²) >= 11 is 0. The first-order chi connectivity index (χ1) is 9.15. The first-order valence-electron chi connectivity index (χ1n) is 6.72. The lowest BCUT2D eigenvalue weighted by atomic mass is 9.77. The Kier molecular flexibility index (Phi) is 3.03. The van der Waals surface area contributed by atoms with Gasteiger partial charge in [-0.1, -0.05) is 36.4 Å². The van der Waals surface area contributed by atoms with Crippen LogP contribution in [0.2, 0.25) is 0 Å². The van der Waals surface area contributed by atoms with E-state index in [2.05, 4.69) is 18.2 Å². The molecule has 0 aromatic heterocycles. The fourth-order valence-corrected chi connectivity index (χ4v) is 2.93. The van der Waals surface area contributed by atoms with Crippen LogP contribution in [0, 0.1) is 0 Å². The van der Waals surface area contributed by atoms with Gasteiger partial charge in [-0.25, -0.2) is 0 Å². The Hall–Kier alpha value is -1.80. The summed E-state index contributed by atoms with van der Waals surface area (Å²) in [7, 11) is 0. The number of phenolic OH excluding ortho intramolecular Hbond substituents is 1. The molecule has 0 bridgehead atoms. The number of aliphatic hydroxyl groups is 1. The molecule has 1 unspecified atom stereocenters. The van der Waals surface area contributed by atoms with Gasteiger partial charge in [0.15, 0.2) is 0 Å². The van der Waals surface area contributed by atoms with Crippen molar-refractivity contribution in [3.05, 3.63) is 65.2 Å². The summed E-state index contributed by atoms with van der Waals surface area (Å²) in [6.45, 7) is 0. The summed E-state index contributed by atoms with van der Waals surface area (Å²) in [5, 5.41) is 20.1. The van der Waals surface area contributed by atoms with E-state index < -0.39 is 5.60 Å². The standard InChI is InChI=1S/C17H18O2/c18-16-7-5-13(6-8-16)11-17(19)10-9-14-3-1-2-4-15(14)12-17/h1-8,18-19H,9-12H2. The maximum Gasteiger partial charge on any atom is 0.115 e. The van der Waals surface area contributed by atoms with Gasteiger partial charge in [-0.2, -0.15) is 0 Å². The number of hydrogen-bond acceptors (Lipinski definition) is 2. The minimum Gasteiger partial charge on any atom is -0.508 e. The van der Waals surface area contributed by atoms with Gasteiger partial charge < -0.3 is 10.2 Å². The number of aryl methyl sites for hydroxylation is 1. The summed E-state index contributed by atoms with van der Waals surface area (Å²) < 4.78 is 0. The Morgan fingerprint density at radius 2 is 1.63 bits per heavy atom. The number of rotatable bonds is 2. The lowest BCUT2D eigenvalue weighted by Gasteiger charge is -2.33. The molecule has 1 atom stereocenters. The van der Waals surface area contributed by atoms with E-state index in [0.29, 0.717) is 12.8 Å². The maximum absolute atomic E-state index is 10.8. The second kappa shape index (κ2) is 4.71. The Balaban J connectivity index is 1.80. The quantitative estimate of drug-likeness (QED) is 0.865. The third-order valence-corrected chi connectivity index (χ3v) is 3.97. The molecule has 0 saturated carbocycles. The van der Waals surface area contributed by atoms with Crippen molar-refractivity contribution in [2.75, 3.05) is 0 Å². The third-order valence-electron chi connectivity index (χ3n) is 3.97. The molecule has 19 heavy (non-hydrogen) atoms. The van der Waals surface area contributed by atoms with Gasteiger partial charge in [0.1, 0.15) is 5.75 Å². The predicted molar refractivity (Wildman–Crippen MR) is 75.2 cm³/mol. The normalized spacial score (nSPS) is 21.9. The first kappa shape index (κ1) is 12.2. The third kappa shape index (κ3) is 2.64. The van der Waals surface area contributed by atoms with E-state index in [-0.39, 0.29) is 5.75 Å². The molecule has 2 heteroatoms. The van der Waals surface area contributed by atoms with Crippen molar-refractivity contribution in [3.8, 4) is 5.75 Å². The molecule has 1 aliphatic carbocycles. The monoisotopic (exact) mass is 254 g/mol. The molecule has 1 aliphatic rings. The molecular weight excluding hydrogens is 236 g/mol. The highest BCUT2D eigenvalue weighted by Gasteiger charge is 2.31. The van der Waals surface area contributed by atoms with Gasteiger partial charge in [0.05, 0.1) is 5.60 Å². The van der Waals surface area contributed by atoms with Crippen molar-refractivity contribution in [2.45, 2.75) is 31.3 Å². The number of phenols is 1. The molecule has 0 fully saturated rings. The average molecular weight is 254 g/mol. The van der Waals surface area contributed by atoms with Crippen molar-refractivity contribution in [2.24, 2.45) is 0 Å². The smallest absolute Gasteiger partial charge is 0.115 e. The van der Waals surface area contributed by atoms with E-state index >= 15 is 0 Å². The molecule has 2 aromatic rings. The zero-order valence-electron chi connectivity index (χ0n) is 10.8. The van der Waals surface area contributed by atoms with Crippen LogP contribution in [0.15, 0.2) is 48.5 Å². The highest BCUT2D eigenvalue weighted by atomic mass is 16.3. The fourth-order valence-electron chi connectivity index (χ4n) is 2.93. The van der Waals surface area contributed by atoms with E-state index in [9.17, 15) is 10.2 Å². The van der Waals surface area contributed by atoms with Crippen LogP contribution < -0.4 is 0 Å². The maximum atomic E-state index is 10.8. The van der Waals surface area contributed by atoms with Crippen LogP contribution >= 0.6 is 0 Å². The Morgan fingerprint density at radius 1 is 0.947 bits per heavy atom. The fraction of sp³-hybridized carbons (Fsp3) is 0.294. The van der Waals surface area contributed by atoms with Gasteiger partial charge in [0.2, 0.25) is 0 Å². The molecule has 0 saturated heterocycles. The zero-order chi connectivity index (χ0) is 13.3. The van der Waals surface area contributed by atoms with Crippen molar-refractivity contribution < 1.29 is 10.2 Å².